The van der Waals surface area contributed by atoms with Crippen LogP contribution < -0.4 is 0 Å². The molecule has 1 N–H and O–H groups in total. The first-order chi connectivity index (χ1) is 6.83. The van der Waals surface area contributed by atoms with Crippen LogP contribution >= 0.6 is 0 Å². The Morgan fingerprint density at radius 3 is 2.86 bits per heavy atom. The molecule has 0 atom stereocenters. The first kappa shape index (κ1) is 9.24. The first-order valence-corrected chi connectivity index (χ1v) is 5.27. The lowest BCUT2D eigenvalue weighted by Gasteiger charge is -1.90. The van der Waals surface area contributed by atoms with Crippen LogP contribution in [0.4, 0.5) is 0 Å². The number of hydrogen-bond acceptors (Lipinski definition) is 2. The molecular weight excluding hydrogens is 176 g/mol. The standard InChI is InChI=1S/C10H16N4/c1-3-5-6-8-7-10-11-9(4-2)13-14(10)12-8/h7H,3-6H2,1-2H3,(H,11,13). The number of H-pyrrole nitrogens is 1. The summed E-state index contributed by atoms with van der Waals surface area (Å²) in [6, 6.07) is 2.09. The average molecular weight is 192 g/mol. The number of aromatic amines is 1. The van der Waals surface area contributed by atoms with Crippen LogP contribution in [0, 0.1) is 0 Å². The third-order valence-electron chi connectivity index (χ3n) is 2.35. The molecule has 0 aliphatic rings. The lowest BCUT2D eigenvalue weighted by molar-refractivity contribution is 0.727. The Labute approximate surface area is 83.3 Å². The molecule has 0 aromatic carbocycles. The van der Waals surface area contributed by atoms with Crippen LogP contribution in [0.3, 0.4) is 0 Å². The van der Waals surface area contributed by atoms with Gasteiger partial charge in [0.05, 0.1) is 5.69 Å². The second kappa shape index (κ2) is 3.82. The van der Waals surface area contributed by atoms with E-state index in [0.29, 0.717) is 0 Å². The number of fused-ring (bicyclic) bond motifs is 1. The molecule has 2 rings (SSSR count). The maximum atomic E-state index is 4.39. The van der Waals surface area contributed by atoms with Crippen molar-refractivity contribution in [1.82, 2.24) is 19.8 Å². The highest BCUT2D eigenvalue weighted by atomic mass is 15.5. The molecule has 0 radical (unpaired) electrons. The van der Waals surface area contributed by atoms with Gasteiger partial charge in [-0.25, -0.2) is 0 Å². The van der Waals surface area contributed by atoms with Gasteiger partial charge in [-0.1, -0.05) is 20.3 Å². The Kier molecular flexibility index (Phi) is 2.52. The summed E-state index contributed by atoms with van der Waals surface area (Å²) >= 11 is 0. The molecule has 0 saturated carbocycles. The van der Waals surface area contributed by atoms with Gasteiger partial charge in [0.15, 0.2) is 5.65 Å². The fraction of sp³-hybridized carbons (Fsp3) is 0.600. The largest absolute Gasteiger partial charge is 0.325 e. The van der Waals surface area contributed by atoms with E-state index in [9.17, 15) is 0 Å². The summed E-state index contributed by atoms with van der Waals surface area (Å²) in [5.74, 6) is 0.995. The second-order valence-corrected chi connectivity index (χ2v) is 3.54. The van der Waals surface area contributed by atoms with Gasteiger partial charge in [-0.2, -0.15) is 5.10 Å². The number of aromatic nitrogens is 4. The van der Waals surface area contributed by atoms with Gasteiger partial charge in [0.2, 0.25) is 0 Å². The summed E-state index contributed by atoms with van der Waals surface area (Å²) in [4.78, 5) is 3.23. The number of rotatable bonds is 4. The van der Waals surface area contributed by atoms with Crippen molar-refractivity contribution in [1.29, 1.82) is 0 Å². The van der Waals surface area contributed by atoms with Gasteiger partial charge in [-0.05, 0) is 12.8 Å². The zero-order valence-electron chi connectivity index (χ0n) is 8.75. The molecule has 0 fully saturated rings. The van der Waals surface area contributed by atoms with E-state index in [1.165, 1.54) is 12.8 Å². The zero-order chi connectivity index (χ0) is 9.97. The minimum absolute atomic E-state index is 0.924. The fourth-order valence-corrected chi connectivity index (χ4v) is 1.51. The van der Waals surface area contributed by atoms with Gasteiger partial charge in [0.25, 0.3) is 0 Å². The van der Waals surface area contributed by atoms with E-state index in [0.717, 1.165) is 30.0 Å². The number of aryl methyl sites for hydroxylation is 2. The molecule has 0 unspecified atom stereocenters. The maximum Gasteiger partial charge on any atom is 0.155 e. The normalized spacial score (nSPS) is 11.3. The number of unbranched alkanes of at least 4 members (excludes halogenated alkanes) is 1. The summed E-state index contributed by atoms with van der Waals surface area (Å²) < 4.78 is 1.70. The van der Waals surface area contributed by atoms with Crippen LogP contribution in [0.15, 0.2) is 6.07 Å². The van der Waals surface area contributed by atoms with Gasteiger partial charge in [0, 0.05) is 12.5 Å². The number of nitrogens with zero attached hydrogens (tertiary/aromatic N) is 3. The topological polar surface area (TPSA) is 46.0 Å². The predicted octanol–water partition coefficient (Wildman–Crippen LogP) is 1.96. The molecular formula is C10H16N4. The zero-order valence-corrected chi connectivity index (χ0v) is 8.75. The quantitative estimate of drug-likeness (QED) is 0.805. The van der Waals surface area contributed by atoms with Crippen LogP contribution in [0.1, 0.15) is 38.2 Å². The molecule has 14 heavy (non-hydrogen) atoms. The minimum Gasteiger partial charge on any atom is -0.325 e. The fourth-order valence-electron chi connectivity index (χ4n) is 1.51. The minimum atomic E-state index is 0.924. The first-order valence-electron chi connectivity index (χ1n) is 5.27. The van der Waals surface area contributed by atoms with E-state index in [-0.39, 0.29) is 0 Å². The van der Waals surface area contributed by atoms with Gasteiger partial charge in [0.1, 0.15) is 5.82 Å². The third kappa shape index (κ3) is 1.64. The van der Waals surface area contributed by atoms with E-state index < -0.39 is 0 Å². The van der Waals surface area contributed by atoms with Gasteiger partial charge in [-0.15, -0.1) is 9.73 Å². The van der Waals surface area contributed by atoms with Crippen molar-refractivity contribution in [2.45, 2.75) is 39.5 Å². The third-order valence-corrected chi connectivity index (χ3v) is 2.35. The summed E-state index contributed by atoms with van der Waals surface area (Å²) in [5.41, 5.74) is 2.14. The molecule has 4 heteroatoms. The van der Waals surface area contributed by atoms with Crippen molar-refractivity contribution in [2.75, 3.05) is 0 Å². The Hall–Kier alpha value is -1.32. The van der Waals surface area contributed by atoms with Gasteiger partial charge >= 0.3 is 0 Å². The molecule has 2 heterocycles. The molecule has 0 bridgehead atoms. The van der Waals surface area contributed by atoms with Crippen molar-refractivity contribution in [2.24, 2.45) is 0 Å². The van der Waals surface area contributed by atoms with Crippen LogP contribution in [-0.2, 0) is 12.8 Å². The van der Waals surface area contributed by atoms with Crippen molar-refractivity contribution >= 4 is 5.65 Å². The molecule has 4 nitrogen and oxygen atoms in total. The highest BCUT2D eigenvalue weighted by molar-refractivity contribution is 5.38. The SMILES string of the molecule is CCCCc1cc2[nH]c(CC)nn2n1. The van der Waals surface area contributed by atoms with Crippen molar-refractivity contribution in [3.8, 4) is 0 Å². The van der Waals surface area contributed by atoms with E-state index in [4.69, 9.17) is 0 Å². The lowest BCUT2D eigenvalue weighted by Crippen LogP contribution is -1.92. The van der Waals surface area contributed by atoms with Gasteiger partial charge < -0.3 is 4.98 Å². The van der Waals surface area contributed by atoms with Crippen LogP contribution in [-0.4, -0.2) is 19.8 Å². The van der Waals surface area contributed by atoms with Crippen molar-refractivity contribution in [3.05, 3.63) is 17.6 Å². The van der Waals surface area contributed by atoms with E-state index in [1.54, 1.807) is 4.63 Å². The van der Waals surface area contributed by atoms with Crippen LogP contribution in [0.5, 0.6) is 0 Å². The number of hydrogen-bond donors (Lipinski definition) is 1. The molecule has 0 amide bonds. The Balaban J connectivity index is 2.21. The van der Waals surface area contributed by atoms with E-state index >= 15 is 0 Å². The summed E-state index contributed by atoms with van der Waals surface area (Å²) in [6.07, 6.45) is 4.38. The molecule has 0 saturated heterocycles. The molecule has 76 valence electrons. The average Bonchev–Trinajstić information content (AvgIpc) is 2.71. The monoisotopic (exact) mass is 192 g/mol. The molecule has 0 aliphatic heterocycles. The molecule has 0 spiro atoms. The Morgan fingerprint density at radius 2 is 2.21 bits per heavy atom. The Bertz CT molecular complexity index is 381. The molecule has 2 aromatic rings. The van der Waals surface area contributed by atoms with Crippen LogP contribution in [0.2, 0.25) is 0 Å². The summed E-state index contributed by atoms with van der Waals surface area (Å²) in [5, 5.41) is 8.70. The summed E-state index contributed by atoms with van der Waals surface area (Å²) in [6.45, 7) is 4.27. The molecule has 0 aliphatic carbocycles. The summed E-state index contributed by atoms with van der Waals surface area (Å²) in [7, 11) is 0. The maximum absolute atomic E-state index is 4.39. The highest BCUT2D eigenvalue weighted by Gasteiger charge is 2.05. The highest BCUT2D eigenvalue weighted by Crippen LogP contribution is 2.07. The van der Waals surface area contributed by atoms with Crippen molar-refractivity contribution in [3.63, 3.8) is 0 Å². The smallest absolute Gasteiger partial charge is 0.155 e. The number of nitrogens with one attached hydrogen (secondary N) is 1. The van der Waals surface area contributed by atoms with E-state index in [2.05, 4.69) is 35.1 Å². The molecule has 2 aromatic heterocycles. The predicted molar refractivity (Wildman–Crippen MR) is 55.3 cm³/mol. The Morgan fingerprint density at radius 1 is 1.36 bits per heavy atom. The van der Waals surface area contributed by atoms with Crippen molar-refractivity contribution < 1.29 is 0 Å². The van der Waals surface area contributed by atoms with E-state index in [1.807, 2.05) is 0 Å². The lowest BCUT2D eigenvalue weighted by atomic mass is 10.2. The van der Waals surface area contributed by atoms with Gasteiger partial charge in [-0.3, -0.25) is 0 Å². The second-order valence-electron chi connectivity index (χ2n) is 3.54. The van der Waals surface area contributed by atoms with Crippen LogP contribution in [0.25, 0.3) is 5.65 Å².